The van der Waals surface area contributed by atoms with E-state index in [0.29, 0.717) is 12.1 Å². The van der Waals surface area contributed by atoms with Crippen molar-refractivity contribution in [3.8, 4) is 0 Å². The molecule has 3 atom stereocenters. The van der Waals surface area contributed by atoms with Crippen LogP contribution in [0.1, 0.15) is 64.2 Å². The van der Waals surface area contributed by atoms with E-state index in [2.05, 4.69) is 58.8 Å². The summed E-state index contributed by atoms with van der Waals surface area (Å²) in [6, 6.07) is 0.806. The zero-order chi connectivity index (χ0) is 14.0. The summed E-state index contributed by atoms with van der Waals surface area (Å²) in [4.78, 5) is 0. The highest BCUT2D eigenvalue weighted by molar-refractivity contribution is 9.10. The van der Waals surface area contributed by atoms with E-state index in [4.69, 9.17) is 0 Å². The molecule has 0 radical (unpaired) electrons. The molecule has 0 aromatic carbocycles. The first kappa shape index (κ1) is 15.0. The van der Waals surface area contributed by atoms with Gasteiger partial charge in [-0.15, -0.1) is 0 Å². The van der Waals surface area contributed by atoms with Crippen molar-refractivity contribution in [2.24, 2.45) is 11.8 Å². The summed E-state index contributed by atoms with van der Waals surface area (Å²) in [6.45, 7) is 6.77. The van der Waals surface area contributed by atoms with E-state index in [1.54, 1.807) is 0 Å². The lowest BCUT2D eigenvalue weighted by Gasteiger charge is -2.34. The van der Waals surface area contributed by atoms with Crippen LogP contribution in [0.4, 0.5) is 0 Å². The van der Waals surface area contributed by atoms with Crippen molar-refractivity contribution in [1.29, 1.82) is 0 Å². The lowest BCUT2D eigenvalue weighted by molar-refractivity contribution is 0.221. The second-order valence-electron chi connectivity index (χ2n) is 6.21. The van der Waals surface area contributed by atoms with Crippen molar-refractivity contribution < 1.29 is 0 Å². The van der Waals surface area contributed by atoms with Gasteiger partial charge in [0, 0.05) is 6.04 Å². The monoisotopic (exact) mass is 327 g/mol. The van der Waals surface area contributed by atoms with E-state index in [1.165, 1.54) is 31.4 Å². The summed E-state index contributed by atoms with van der Waals surface area (Å²) >= 11 is 3.69. The summed E-state index contributed by atoms with van der Waals surface area (Å²) in [5, 5.41) is 8.07. The summed E-state index contributed by atoms with van der Waals surface area (Å²) in [7, 11) is 2.08. The Bertz CT molecular complexity index is 414. The molecule has 108 valence electrons. The number of hydrogen-bond acceptors (Lipinski definition) is 2. The Balaban J connectivity index is 2.28. The van der Waals surface area contributed by atoms with Gasteiger partial charge < -0.3 is 5.32 Å². The van der Waals surface area contributed by atoms with Gasteiger partial charge in [-0.05, 0) is 61.5 Å². The molecular formula is C15H26BrN3. The molecule has 4 heteroatoms. The van der Waals surface area contributed by atoms with Crippen LogP contribution in [-0.2, 0) is 0 Å². The minimum atomic E-state index is 0.401. The molecule has 1 aromatic heterocycles. The third-order valence-corrected chi connectivity index (χ3v) is 4.94. The van der Waals surface area contributed by atoms with E-state index in [0.717, 1.165) is 16.3 Å². The molecule has 2 rings (SSSR count). The maximum absolute atomic E-state index is 4.53. The fourth-order valence-electron chi connectivity index (χ4n) is 3.43. The molecule has 0 spiro atoms. The van der Waals surface area contributed by atoms with Crippen LogP contribution in [0, 0.1) is 11.8 Å². The quantitative estimate of drug-likeness (QED) is 0.892. The number of hydrogen-bond donors (Lipinski definition) is 1. The maximum atomic E-state index is 4.53. The Morgan fingerprint density at radius 3 is 2.74 bits per heavy atom. The van der Waals surface area contributed by atoms with E-state index in [9.17, 15) is 0 Å². The molecule has 1 aliphatic carbocycles. The van der Waals surface area contributed by atoms with Gasteiger partial charge in [0.1, 0.15) is 0 Å². The number of nitrogens with one attached hydrogen (secondary N) is 1. The molecule has 0 aliphatic heterocycles. The van der Waals surface area contributed by atoms with E-state index >= 15 is 0 Å². The van der Waals surface area contributed by atoms with E-state index < -0.39 is 0 Å². The number of aromatic nitrogens is 2. The van der Waals surface area contributed by atoms with Gasteiger partial charge in [0.25, 0.3) is 0 Å². The molecule has 1 N–H and O–H groups in total. The lowest BCUT2D eigenvalue weighted by Crippen LogP contribution is -2.31. The van der Waals surface area contributed by atoms with E-state index in [1.807, 2.05) is 6.20 Å². The minimum Gasteiger partial charge on any atom is -0.311 e. The zero-order valence-electron chi connectivity index (χ0n) is 12.5. The summed E-state index contributed by atoms with van der Waals surface area (Å²) in [5.74, 6) is 1.57. The van der Waals surface area contributed by atoms with Crippen molar-refractivity contribution in [3.63, 3.8) is 0 Å². The van der Waals surface area contributed by atoms with Gasteiger partial charge in [0.15, 0.2) is 0 Å². The maximum Gasteiger partial charge on any atom is 0.0701 e. The second-order valence-corrected chi connectivity index (χ2v) is 7.07. The molecule has 1 saturated carbocycles. The normalized spacial score (nSPS) is 25.8. The third kappa shape index (κ3) is 3.22. The van der Waals surface area contributed by atoms with Crippen LogP contribution in [0.2, 0.25) is 0 Å². The highest BCUT2D eigenvalue weighted by Gasteiger charge is 2.30. The van der Waals surface area contributed by atoms with Crippen LogP contribution < -0.4 is 5.32 Å². The minimum absolute atomic E-state index is 0.401. The van der Waals surface area contributed by atoms with Crippen LogP contribution in [0.15, 0.2) is 10.7 Å². The fraction of sp³-hybridized carbons (Fsp3) is 0.800. The van der Waals surface area contributed by atoms with Crippen LogP contribution in [0.5, 0.6) is 0 Å². The second kappa shape index (κ2) is 6.40. The molecule has 1 aromatic rings. The Kier molecular flexibility index (Phi) is 5.07. The average Bonchev–Trinajstić information content (AvgIpc) is 2.73. The van der Waals surface area contributed by atoms with Crippen LogP contribution in [0.3, 0.4) is 0 Å². The van der Waals surface area contributed by atoms with Crippen LogP contribution in [-0.4, -0.2) is 16.8 Å². The average molecular weight is 328 g/mol. The molecule has 1 fully saturated rings. The first-order chi connectivity index (χ1) is 9.04. The van der Waals surface area contributed by atoms with Gasteiger partial charge in [-0.3, -0.25) is 4.68 Å². The highest BCUT2D eigenvalue weighted by Crippen LogP contribution is 2.39. The van der Waals surface area contributed by atoms with Gasteiger partial charge in [-0.1, -0.05) is 19.8 Å². The Hall–Kier alpha value is -0.350. The largest absolute Gasteiger partial charge is 0.311 e. The Labute approximate surface area is 125 Å². The molecule has 3 unspecified atom stereocenters. The highest BCUT2D eigenvalue weighted by atomic mass is 79.9. The fourth-order valence-corrected chi connectivity index (χ4v) is 3.95. The summed E-state index contributed by atoms with van der Waals surface area (Å²) in [5.41, 5.74) is 1.32. The Morgan fingerprint density at radius 1 is 1.42 bits per heavy atom. The predicted molar refractivity (Wildman–Crippen MR) is 83.2 cm³/mol. The number of nitrogens with zero attached hydrogens (tertiary/aromatic N) is 2. The summed E-state index contributed by atoms with van der Waals surface area (Å²) in [6.07, 6.45) is 7.33. The summed E-state index contributed by atoms with van der Waals surface area (Å²) < 4.78 is 3.30. The van der Waals surface area contributed by atoms with Crippen molar-refractivity contribution in [2.45, 2.75) is 58.5 Å². The SMILES string of the molecule is CNC(c1c(Br)cnn1C(C)C)C1CCCC(C)C1. The van der Waals surface area contributed by atoms with Gasteiger partial charge in [-0.2, -0.15) is 5.10 Å². The first-order valence-electron chi connectivity index (χ1n) is 7.44. The third-order valence-electron chi connectivity index (χ3n) is 4.33. The lowest BCUT2D eigenvalue weighted by atomic mass is 9.77. The van der Waals surface area contributed by atoms with Gasteiger partial charge >= 0.3 is 0 Å². The molecule has 3 nitrogen and oxygen atoms in total. The molecular weight excluding hydrogens is 302 g/mol. The number of rotatable bonds is 4. The van der Waals surface area contributed by atoms with Crippen molar-refractivity contribution in [3.05, 3.63) is 16.4 Å². The van der Waals surface area contributed by atoms with Crippen molar-refractivity contribution >= 4 is 15.9 Å². The number of halogens is 1. The predicted octanol–water partition coefficient (Wildman–Crippen LogP) is 4.31. The van der Waals surface area contributed by atoms with Gasteiger partial charge in [0.05, 0.1) is 22.4 Å². The van der Waals surface area contributed by atoms with Crippen molar-refractivity contribution in [2.75, 3.05) is 7.05 Å². The molecule has 19 heavy (non-hydrogen) atoms. The molecule has 0 amide bonds. The molecule has 1 heterocycles. The van der Waals surface area contributed by atoms with Crippen LogP contribution >= 0.6 is 15.9 Å². The van der Waals surface area contributed by atoms with Gasteiger partial charge in [-0.25, -0.2) is 0 Å². The van der Waals surface area contributed by atoms with E-state index in [-0.39, 0.29) is 0 Å². The molecule has 0 saturated heterocycles. The molecule has 0 bridgehead atoms. The van der Waals surface area contributed by atoms with Crippen LogP contribution in [0.25, 0.3) is 0 Å². The first-order valence-corrected chi connectivity index (χ1v) is 8.24. The molecule has 1 aliphatic rings. The zero-order valence-corrected chi connectivity index (χ0v) is 14.1. The Morgan fingerprint density at radius 2 is 2.16 bits per heavy atom. The van der Waals surface area contributed by atoms with Crippen molar-refractivity contribution in [1.82, 2.24) is 15.1 Å². The smallest absolute Gasteiger partial charge is 0.0701 e. The standard InChI is InChI=1S/C15H26BrN3/c1-10(2)19-15(13(16)9-18-19)14(17-4)12-7-5-6-11(3)8-12/h9-12,14,17H,5-8H2,1-4H3. The topological polar surface area (TPSA) is 29.9 Å². The van der Waals surface area contributed by atoms with Gasteiger partial charge in [0.2, 0.25) is 0 Å².